The Morgan fingerprint density at radius 2 is 1.37 bits per heavy atom. The van der Waals surface area contributed by atoms with E-state index in [4.69, 9.17) is 23.9 Å². The maximum absolute atomic E-state index is 9.18. The number of hydrogen-bond donors (Lipinski definition) is 0. The van der Waals surface area contributed by atoms with E-state index in [1.807, 2.05) is 13.8 Å². The second kappa shape index (κ2) is 16.4. The first kappa shape index (κ1) is 24.4. The standard InChI is InChI=1S/C53H40N4O.Pt/c1-3-37(4-2)40-31-32-54-52(33-40)57-48-26-12-11-23-46(48)47-30-29-43(35-51(47)57)58-42-22-15-21-41(34-42)55-36-56(50-28-14-13-27-49(50)55)53-44(38-17-7-5-8-18-38)24-16-25-45(53)39-19-9-6-10-20-39;/h5-33,37H,3-4H2,1-2H3;/q-2;/i5D,6D,7D,8D,9D,10D,11D,12D,17D,18D,19D,20D,23D,26D,37D;. The van der Waals surface area contributed by atoms with Crippen LogP contribution in [0.1, 0.15) is 58.7 Å². The zero-order chi connectivity index (χ0) is 52.1. The minimum absolute atomic E-state index is 0. The van der Waals surface area contributed by atoms with E-state index in [0.717, 1.165) is 0 Å². The van der Waals surface area contributed by atoms with Crippen LogP contribution in [0.15, 0.2) is 176 Å². The third-order valence-corrected chi connectivity index (χ3v) is 10.1. The van der Waals surface area contributed by atoms with Crippen molar-refractivity contribution in [3.05, 3.63) is 200 Å². The quantitative estimate of drug-likeness (QED) is 0.101. The Labute approximate surface area is 380 Å². The number of para-hydroxylation sites is 4. The van der Waals surface area contributed by atoms with E-state index in [1.165, 1.54) is 6.07 Å². The van der Waals surface area contributed by atoms with Gasteiger partial charge in [0.1, 0.15) is 5.82 Å². The van der Waals surface area contributed by atoms with Gasteiger partial charge in [0.2, 0.25) is 0 Å². The first-order chi connectivity index (χ1) is 34.8. The molecule has 290 valence electrons. The molecule has 0 spiro atoms. The van der Waals surface area contributed by atoms with Crippen LogP contribution in [0.5, 0.6) is 11.5 Å². The molecule has 0 unspecified atom stereocenters. The molecule has 0 aliphatic carbocycles. The molecular formula is C53H40N4OPt-2. The van der Waals surface area contributed by atoms with Crippen LogP contribution in [-0.2, 0) is 21.1 Å². The van der Waals surface area contributed by atoms with Crippen molar-refractivity contribution in [3.8, 4) is 50.9 Å². The molecule has 59 heavy (non-hydrogen) atoms. The molecule has 3 aromatic heterocycles. The van der Waals surface area contributed by atoms with Gasteiger partial charge in [0.05, 0.1) is 35.9 Å². The number of imidazole rings is 1. The molecule has 0 radical (unpaired) electrons. The van der Waals surface area contributed by atoms with Crippen molar-refractivity contribution < 1.29 is 50.9 Å². The predicted octanol–water partition coefficient (Wildman–Crippen LogP) is 12.8. The molecule has 10 aromatic rings. The van der Waals surface area contributed by atoms with E-state index in [1.54, 1.807) is 98.8 Å². The van der Waals surface area contributed by atoms with Gasteiger partial charge in [0.15, 0.2) is 0 Å². The van der Waals surface area contributed by atoms with Crippen molar-refractivity contribution >= 4 is 32.8 Å². The van der Waals surface area contributed by atoms with Crippen molar-refractivity contribution in [1.82, 2.24) is 14.1 Å². The fraction of sp³-hybridized carbons (Fsp3) is 0.0943. The third-order valence-electron chi connectivity index (χ3n) is 10.1. The molecule has 3 heterocycles. The van der Waals surface area contributed by atoms with Crippen molar-refractivity contribution in [2.75, 3.05) is 0 Å². The molecule has 0 fully saturated rings. The van der Waals surface area contributed by atoms with Gasteiger partial charge in [-0.3, -0.25) is 4.57 Å². The fourth-order valence-electron chi connectivity index (χ4n) is 7.44. The van der Waals surface area contributed by atoms with Gasteiger partial charge in [0, 0.05) is 45.6 Å². The maximum atomic E-state index is 9.18. The Balaban J connectivity index is 0.00000672. The topological polar surface area (TPSA) is 35.9 Å². The minimum Gasteiger partial charge on any atom is -0.510 e. The van der Waals surface area contributed by atoms with Crippen LogP contribution in [0.3, 0.4) is 0 Å². The third kappa shape index (κ3) is 6.96. The SMILES string of the molecule is [2H]c1c([2H])c([2H])c(-c2cccc(-c3c([2H])c([2H])c([2H])c([2H])c3[2H])c2-[n+]2[c-]n(-c3[c-]c(Oc4[c-]c5c(cc4)c4c([2H])c([2H])c([2H])c([2H])c4n5-c4cc(C([2H])(CC)CC)ccn4)ccc3)c3ccccc32)c([2H])c1[2H].[Pt]. The summed E-state index contributed by atoms with van der Waals surface area (Å²) in [6.07, 6.45) is 5.97. The number of nitrogens with zero attached hydrogens (tertiary/aromatic N) is 4. The van der Waals surface area contributed by atoms with Crippen LogP contribution in [0.2, 0.25) is 0 Å². The summed E-state index contributed by atoms with van der Waals surface area (Å²) in [4.78, 5) is 4.65. The van der Waals surface area contributed by atoms with Crippen molar-refractivity contribution in [3.63, 3.8) is 0 Å². The van der Waals surface area contributed by atoms with Crippen LogP contribution < -0.4 is 9.30 Å². The van der Waals surface area contributed by atoms with Crippen LogP contribution >= 0.6 is 0 Å². The second-order valence-corrected chi connectivity index (χ2v) is 13.3. The summed E-state index contributed by atoms with van der Waals surface area (Å²) < 4.78 is 142. The summed E-state index contributed by atoms with van der Waals surface area (Å²) in [5, 5.41) is 0.728. The smallest absolute Gasteiger partial charge is 0.268 e. The van der Waals surface area contributed by atoms with Gasteiger partial charge in [-0.05, 0) is 75.8 Å². The van der Waals surface area contributed by atoms with Gasteiger partial charge in [-0.15, -0.1) is 29.7 Å². The minimum atomic E-state index is -0.934. The van der Waals surface area contributed by atoms with Gasteiger partial charge in [-0.2, -0.15) is 18.2 Å². The Hall–Kier alpha value is -6.55. The van der Waals surface area contributed by atoms with E-state index >= 15 is 0 Å². The number of pyridine rings is 1. The predicted molar refractivity (Wildman–Crippen MR) is 234 cm³/mol. The summed E-state index contributed by atoms with van der Waals surface area (Å²) in [5.41, 5.74) is 2.55. The van der Waals surface area contributed by atoms with E-state index in [-0.39, 0.29) is 83.5 Å². The van der Waals surface area contributed by atoms with Crippen molar-refractivity contribution in [1.29, 1.82) is 0 Å². The normalized spacial score (nSPS) is 15.1. The molecule has 5 nitrogen and oxygen atoms in total. The molecular weight excluding hydrogens is 904 g/mol. The van der Waals surface area contributed by atoms with E-state index in [0.29, 0.717) is 51.8 Å². The molecule has 0 bridgehead atoms. The molecule has 0 atom stereocenters. The number of aromatic nitrogens is 4. The zero-order valence-corrected chi connectivity index (χ0v) is 33.9. The van der Waals surface area contributed by atoms with Crippen LogP contribution in [0.25, 0.3) is 72.3 Å². The summed E-state index contributed by atoms with van der Waals surface area (Å²) in [6, 6.07) is 23.3. The van der Waals surface area contributed by atoms with E-state index in [9.17, 15) is 1.37 Å². The number of ether oxygens (including phenoxy) is 1. The summed E-state index contributed by atoms with van der Waals surface area (Å²) >= 11 is 0. The van der Waals surface area contributed by atoms with Gasteiger partial charge >= 0.3 is 0 Å². The number of benzene rings is 7. The molecule has 10 rings (SSSR count). The second-order valence-electron chi connectivity index (χ2n) is 13.3. The van der Waals surface area contributed by atoms with Crippen LogP contribution in [0.4, 0.5) is 0 Å². The molecule has 0 N–H and O–H groups in total. The van der Waals surface area contributed by atoms with Gasteiger partial charge in [0.25, 0.3) is 6.33 Å². The Morgan fingerprint density at radius 3 is 2.12 bits per heavy atom. The van der Waals surface area contributed by atoms with Gasteiger partial charge in [-0.25, -0.2) is 4.98 Å². The molecule has 0 aliphatic rings. The molecule has 6 heteroatoms. The van der Waals surface area contributed by atoms with Crippen molar-refractivity contribution in [2.24, 2.45) is 0 Å². The number of hydrogen-bond acceptors (Lipinski definition) is 2. The van der Waals surface area contributed by atoms with Crippen molar-refractivity contribution in [2.45, 2.75) is 32.6 Å². The Bertz CT molecular complexity index is 3820. The first-order valence-corrected chi connectivity index (χ1v) is 18.7. The average molecular weight is 959 g/mol. The van der Waals surface area contributed by atoms with Crippen LogP contribution in [-0.4, -0.2) is 14.1 Å². The fourth-order valence-corrected chi connectivity index (χ4v) is 7.44. The summed E-state index contributed by atoms with van der Waals surface area (Å²) in [6.45, 7) is 3.87. The monoisotopic (exact) mass is 958 g/mol. The Morgan fingerprint density at radius 1 is 0.695 bits per heavy atom. The first-order valence-electron chi connectivity index (χ1n) is 26.2. The van der Waals surface area contributed by atoms with E-state index in [2.05, 4.69) is 23.4 Å². The van der Waals surface area contributed by atoms with Gasteiger partial charge < -0.3 is 13.9 Å². The average Bonchev–Trinajstić information content (AvgIpc) is 3.96. The molecule has 0 saturated heterocycles. The van der Waals surface area contributed by atoms with Crippen LogP contribution in [0, 0.1) is 18.5 Å². The maximum Gasteiger partial charge on any atom is 0.268 e. The molecule has 0 saturated carbocycles. The Kier molecular flexibility index (Phi) is 6.76. The molecule has 0 amide bonds. The van der Waals surface area contributed by atoms with Gasteiger partial charge in [-0.1, -0.05) is 140 Å². The molecule has 7 aromatic carbocycles. The number of rotatable bonds is 10. The number of fused-ring (bicyclic) bond motifs is 4. The summed E-state index contributed by atoms with van der Waals surface area (Å²) in [7, 11) is 0. The summed E-state index contributed by atoms with van der Waals surface area (Å²) in [5.74, 6) is -0.201. The zero-order valence-electron chi connectivity index (χ0n) is 46.6. The molecule has 0 aliphatic heterocycles. The van der Waals surface area contributed by atoms with E-state index < -0.39 is 78.4 Å². The largest absolute Gasteiger partial charge is 0.510 e.